The third-order valence-corrected chi connectivity index (χ3v) is 3.34. The fraction of sp³-hybridized carbons (Fsp3) is 0.750. The molecule has 0 aliphatic heterocycles. The van der Waals surface area contributed by atoms with Crippen LogP contribution in [-0.2, 0) is 9.59 Å². The molecule has 0 bridgehead atoms. The first-order valence-corrected chi connectivity index (χ1v) is 4.23. The molecule has 2 rings (SSSR count). The minimum atomic E-state index is -1.28. The Labute approximate surface area is 80.0 Å². The number of fused-ring (bicyclic) bond motifs is 1. The van der Waals surface area contributed by atoms with Gasteiger partial charge >= 0.3 is 11.9 Å². The third-order valence-electron chi connectivity index (χ3n) is 3.34. The van der Waals surface area contributed by atoms with Gasteiger partial charge in [0.2, 0.25) is 0 Å². The van der Waals surface area contributed by atoms with E-state index in [1.807, 2.05) is 0 Å². The van der Waals surface area contributed by atoms with Crippen molar-refractivity contribution in [1.82, 2.24) is 0 Å². The Hall–Kier alpha value is -1.14. The van der Waals surface area contributed by atoms with Gasteiger partial charge in [-0.2, -0.15) is 0 Å². The minimum Gasteiger partial charge on any atom is -0.481 e. The topological polar surface area (TPSA) is 132 Å². The van der Waals surface area contributed by atoms with Crippen molar-refractivity contribution in [2.45, 2.75) is 18.4 Å². The molecule has 6 N–H and O–H groups in total. The Balaban J connectivity index is 0.000000980. The summed E-state index contributed by atoms with van der Waals surface area (Å²) in [7, 11) is 0. The summed E-state index contributed by atoms with van der Waals surface area (Å²) >= 11 is 0. The van der Waals surface area contributed by atoms with Crippen molar-refractivity contribution in [3.05, 3.63) is 0 Å². The molecular formula is C8H13NO5. The van der Waals surface area contributed by atoms with Crippen LogP contribution in [0.2, 0.25) is 0 Å². The molecular weight excluding hydrogens is 190 g/mol. The smallest absolute Gasteiger partial charge is 0.324 e. The standard InChI is InChI=1S/C8H11NO4.H2O/c9-8(7(12)13)2-1-3-4(5(3)8)6(10)11;/h3-5H,1-2,9H2,(H,10,11)(H,12,13);1H2/t3-,4-,5-,8+;/m0./s1. The average molecular weight is 203 g/mol. The number of carbonyl (C=O) groups is 2. The van der Waals surface area contributed by atoms with Crippen LogP contribution in [-0.4, -0.2) is 33.2 Å². The van der Waals surface area contributed by atoms with Crippen molar-refractivity contribution in [2.75, 3.05) is 0 Å². The highest BCUT2D eigenvalue weighted by Crippen LogP contribution is 2.61. The van der Waals surface area contributed by atoms with Crippen LogP contribution in [0.15, 0.2) is 0 Å². The molecule has 80 valence electrons. The second kappa shape index (κ2) is 2.93. The number of hydrogen-bond acceptors (Lipinski definition) is 3. The lowest BCUT2D eigenvalue weighted by Crippen LogP contribution is -2.49. The van der Waals surface area contributed by atoms with E-state index >= 15 is 0 Å². The lowest BCUT2D eigenvalue weighted by molar-refractivity contribution is -0.145. The predicted octanol–water partition coefficient (Wildman–Crippen LogP) is -1.32. The highest BCUT2D eigenvalue weighted by molar-refractivity contribution is 5.85. The molecule has 6 nitrogen and oxygen atoms in total. The number of carboxylic acids is 2. The molecule has 0 aromatic heterocycles. The summed E-state index contributed by atoms with van der Waals surface area (Å²) in [6.07, 6.45) is 1.03. The van der Waals surface area contributed by atoms with E-state index in [0.717, 1.165) is 0 Å². The monoisotopic (exact) mass is 203 g/mol. The molecule has 0 spiro atoms. The second-order valence-electron chi connectivity index (χ2n) is 3.94. The van der Waals surface area contributed by atoms with Crippen molar-refractivity contribution in [3.8, 4) is 0 Å². The first-order chi connectivity index (χ1) is 5.98. The first-order valence-electron chi connectivity index (χ1n) is 4.23. The van der Waals surface area contributed by atoms with Gasteiger partial charge in [0.1, 0.15) is 5.54 Å². The van der Waals surface area contributed by atoms with Gasteiger partial charge in [0, 0.05) is 5.92 Å². The van der Waals surface area contributed by atoms with Crippen LogP contribution in [0, 0.1) is 17.8 Å². The van der Waals surface area contributed by atoms with Crippen LogP contribution in [0.25, 0.3) is 0 Å². The van der Waals surface area contributed by atoms with Crippen molar-refractivity contribution in [3.63, 3.8) is 0 Å². The molecule has 2 aliphatic rings. The summed E-state index contributed by atoms with van der Waals surface area (Å²) in [5.41, 5.74) is 4.37. The Morgan fingerprint density at radius 2 is 1.93 bits per heavy atom. The predicted molar refractivity (Wildman–Crippen MR) is 45.5 cm³/mol. The van der Waals surface area contributed by atoms with E-state index in [4.69, 9.17) is 15.9 Å². The summed E-state index contributed by atoms with van der Waals surface area (Å²) in [4.78, 5) is 21.4. The van der Waals surface area contributed by atoms with E-state index in [9.17, 15) is 9.59 Å². The maximum atomic E-state index is 10.8. The second-order valence-corrected chi connectivity index (χ2v) is 3.94. The van der Waals surface area contributed by atoms with Crippen LogP contribution in [0.3, 0.4) is 0 Å². The van der Waals surface area contributed by atoms with Gasteiger partial charge < -0.3 is 21.4 Å². The third kappa shape index (κ3) is 1.11. The minimum absolute atomic E-state index is 0. The maximum absolute atomic E-state index is 10.8. The van der Waals surface area contributed by atoms with Gasteiger partial charge in [0.05, 0.1) is 5.92 Å². The van der Waals surface area contributed by atoms with Gasteiger partial charge in [-0.05, 0) is 18.8 Å². The van der Waals surface area contributed by atoms with Crippen LogP contribution in [0.4, 0.5) is 0 Å². The molecule has 0 aromatic rings. The average Bonchev–Trinajstić information content (AvgIpc) is 2.66. The van der Waals surface area contributed by atoms with Gasteiger partial charge in [-0.3, -0.25) is 9.59 Å². The Morgan fingerprint density at radius 1 is 1.36 bits per heavy atom. The molecule has 0 saturated heterocycles. The van der Waals surface area contributed by atoms with Crippen LogP contribution in [0.5, 0.6) is 0 Å². The summed E-state index contributed by atoms with van der Waals surface area (Å²) in [5, 5.41) is 17.6. The van der Waals surface area contributed by atoms with Gasteiger partial charge in [0.15, 0.2) is 0 Å². The summed E-state index contributed by atoms with van der Waals surface area (Å²) in [5.74, 6) is -2.84. The number of carboxylic acid groups (broad SMARTS) is 2. The zero-order valence-electron chi connectivity index (χ0n) is 7.43. The lowest BCUT2D eigenvalue weighted by atomic mass is 9.92. The van der Waals surface area contributed by atoms with E-state index in [-0.39, 0.29) is 17.3 Å². The molecule has 14 heavy (non-hydrogen) atoms. The molecule has 2 saturated carbocycles. The first kappa shape index (κ1) is 10.9. The van der Waals surface area contributed by atoms with Crippen molar-refractivity contribution in [2.24, 2.45) is 23.5 Å². The highest BCUT2D eigenvalue weighted by atomic mass is 16.4. The quantitative estimate of drug-likeness (QED) is 0.512. The van der Waals surface area contributed by atoms with Gasteiger partial charge in [0.25, 0.3) is 0 Å². The zero-order chi connectivity index (χ0) is 9.80. The van der Waals surface area contributed by atoms with Gasteiger partial charge in [-0.1, -0.05) is 0 Å². The number of hydrogen-bond donors (Lipinski definition) is 3. The van der Waals surface area contributed by atoms with E-state index in [1.54, 1.807) is 0 Å². The SMILES string of the molecule is N[C@]1(C(=O)O)CC[C@H]2[C@H](C(=O)O)[C@H]21.O. The molecule has 6 heteroatoms. The Bertz CT molecular complexity index is 291. The highest BCUT2D eigenvalue weighted by Gasteiger charge is 2.69. The van der Waals surface area contributed by atoms with Crippen LogP contribution >= 0.6 is 0 Å². The fourth-order valence-corrected chi connectivity index (χ4v) is 2.59. The maximum Gasteiger partial charge on any atom is 0.324 e. The molecule has 0 amide bonds. The number of nitrogens with two attached hydrogens (primary N) is 1. The number of rotatable bonds is 2. The summed E-state index contributed by atoms with van der Waals surface area (Å²) < 4.78 is 0. The summed E-state index contributed by atoms with van der Waals surface area (Å²) in [6.45, 7) is 0. The van der Waals surface area contributed by atoms with Crippen molar-refractivity contribution in [1.29, 1.82) is 0 Å². The Morgan fingerprint density at radius 3 is 2.29 bits per heavy atom. The van der Waals surface area contributed by atoms with Crippen LogP contribution < -0.4 is 5.73 Å². The van der Waals surface area contributed by atoms with E-state index in [1.165, 1.54) is 0 Å². The van der Waals surface area contributed by atoms with E-state index in [2.05, 4.69) is 0 Å². The molecule has 4 atom stereocenters. The number of aliphatic carboxylic acids is 2. The van der Waals surface area contributed by atoms with Gasteiger partial charge in [-0.15, -0.1) is 0 Å². The Kier molecular flexibility index (Phi) is 2.29. The molecule has 0 aromatic carbocycles. The zero-order valence-corrected chi connectivity index (χ0v) is 7.43. The molecule has 2 fully saturated rings. The van der Waals surface area contributed by atoms with Gasteiger partial charge in [-0.25, -0.2) is 0 Å². The van der Waals surface area contributed by atoms with E-state index in [0.29, 0.717) is 12.8 Å². The molecule has 0 radical (unpaired) electrons. The fourth-order valence-electron chi connectivity index (χ4n) is 2.59. The lowest BCUT2D eigenvalue weighted by Gasteiger charge is -2.20. The molecule has 0 unspecified atom stereocenters. The molecule has 2 aliphatic carbocycles. The van der Waals surface area contributed by atoms with Crippen molar-refractivity contribution >= 4 is 11.9 Å². The van der Waals surface area contributed by atoms with E-state index < -0.39 is 23.4 Å². The largest absolute Gasteiger partial charge is 0.481 e. The van der Waals surface area contributed by atoms with Crippen LogP contribution in [0.1, 0.15) is 12.8 Å². The normalized spacial score (nSPS) is 43.6. The van der Waals surface area contributed by atoms with Crippen molar-refractivity contribution < 1.29 is 25.3 Å². The molecule has 0 heterocycles. The summed E-state index contributed by atoms with van der Waals surface area (Å²) in [6, 6.07) is 0.